The predicted octanol–water partition coefficient (Wildman–Crippen LogP) is 4.16. The fraction of sp³-hybridized carbons (Fsp3) is 0.118. The largest absolute Gasteiger partial charge is 0.452 e. The highest BCUT2D eigenvalue weighted by atomic mass is 79.9. The Morgan fingerprint density at radius 2 is 2.04 bits per heavy atom. The molecule has 6 heteroatoms. The minimum Gasteiger partial charge on any atom is -0.452 e. The average Bonchev–Trinajstić information content (AvgIpc) is 3.02. The normalized spacial score (nSPS) is 10.5. The fourth-order valence-electron chi connectivity index (χ4n) is 2.07. The van der Waals surface area contributed by atoms with Crippen molar-refractivity contribution in [1.29, 1.82) is 0 Å². The van der Waals surface area contributed by atoms with Crippen LogP contribution in [0.4, 0.5) is 0 Å². The molecular formula is C17H13BrN2O3. The summed E-state index contributed by atoms with van der Waals surface area (Å²) < 4.78 is 11.1. The highest BCUT2D eigenvalue weighted by molar-refractivity contribution is 9.10. The van der Waals surface area contributed by atoms with Crippen molar-refractivity contribution in [2.75, 3.05) is 0 Å². The van der Waals surface area contributed by atoms with Crippen LogP contribution in [0.5, 0.6) is 0 Å². The van der Waals surface area contributed by atoms with Crippen molar-refractivity contribution in [1.82, 2.24) is 10.1 Å². The van der Waals surface area contributed by atoms with Gasteiger partial charge in [-0.05, 0) is 30.7 Å². The van der Waals surface area contributed by atoms with Crippen LogP contribution < -0.4 is 0 Å². The van der Waals surface area contributed by atoms with E-state index in [9.17, 15) is 4.79 Å². The topological polar surface area (TPSA) is 65.2 Å². The first-order chi connectivity index (χ1) is 11.1. The van der Waals surface area contributed by atoms with Crippen molar-refractivity contribution in [3.8, 4) is 11.4 Å². The van der Waals surface area contributed by atoms with Gasteiger partial charge in [0.15, 0.2) is 6.61 Å². The lowest BCUT2D eigenvalue weighted by atomic mass is 10.1. The monoisotopic (exact) mass is 372 g/mol. The standard InChI is InChI=1S/C17H13BrN2O3/c1-11-5-2-3-8-14(11)16-19-15(23-20-16)10-22-17(21)12-6-4-7-13(18)9-12/h2-9H,10H2,1H3. The van der Waals surface area contributed by atoms with Gasteiger partial charge in [-0.25, -0.2) is 4.79 Å². The number of halogens is 1. The Bertz CT molecular complexity index is 845. The summed E-state index contributed by atoms with van der Waals surface area (Å²) in [4.78, 5) is 16.2. The van der Waals surface area contributed by atoms with Crippen LogP contribution >= 0.6 is 15.9 Å². The lowest BCUT2D eigenvalue weighted by Crippen LogP contribution is -2.05. The molecule has 0 aliphatic rings. The second kappa shape index (κ2) is 6.75. The van der Waals surface area contributed by atoms with Crippen molar-refractivity contribution >= 4 is 21.9 Å². The highest BCUT2D eigenvalue weighted by Gasteiger charge is 2.13. The first-order valence-corrected chi connectivity index (χ1v) is 7.74. The Labute approximate surface area is 141 Å². The van der Waals surface area contributed by atoms with E-state index in [-0.39, 0.29) is 12.5 Å². The molecule has 0 atom stereocenters. The Balaban J connectivity index is 1.68. The number of rotatable bonds is 4. The molecule has 0 amide bonds. The number of esters is 1. The van der Waals surface area contributed by atoms with Gasteiger partial charge in [0, 0.05) is 10.0 Å². The molecule has 0 radical (unpaired) electrons. The minimum absolute atomic E-state index is 0.0653. The van der Waals surface area contributed by atoms with Crippen LogP contribution in [0.1, 0.15) is 21.8 Å². The van der Waals surface area contributed by atoms with Gasteiger partial charge >= 0.3 is 5.97 Å². The molecule has 3 aromatic rings. The number of benzene rings is 2. The zero-order valence-electron chi connectivity index (χ0n) is 12.3. The molecular weight excluding hydrogens is 360 g/mol. The van der Waals surface area contributed by atoms with Crippen molar-refractivity contribution in [2.24, 2.45) is 0 Å². The summed E-state index contributed by atoms with van der Waals surface area (Å²) in [6.45, 7) is 1.91. The third-order valence-electron chi connectivity index (χ3n) is 3.24. The third kappa shape index (κ3) is 3.65. The van der Waals surface area contributed by atoms with Gasteiger partial charge in [0.25, 0.3) is 5.89 Å². The lowest BCUT2D eigenvalue weighted by molar-refractivity contribution is 0.0429. The second-order valence-electron chi connectivity index (χ2n) is 4.91. The number of hydrogen-bond donors (Lipinski definition) is 0. The lowest BCUT2D eigenvalue weighted by Gasteiger charge is -2.02. The molecule has 116 valence electrons. The number of aryl methyl sites for hydroxylation is 1. The quantitative estimate of drug-likeness (QED) is 0.643. The van der Waals surface area contributed by atoms with E-state index in [4.69, 9.17) is 9.26 Å². The van der Waals surface area contributed by atoms with Crippen LogP contribution in [0, 0.1) is 6.92 Å². The van der Waals surface area contributed by atoms with Crippen molar-refractivity contribution in [3.63, 3.8) is 0 Å². The van der Waals surface area contributed by atoms with Crippen LogP contribution in [0.3, 0.4) is 0 Å². The molecule has 3 rings (SSSR count). The molecule has 0 fully saturated rings. The highest BCUT2D eigenvalue weighted by Crippen LogP contribution is 2.20. The molecule has 2 aromatic carbocycles. The molecule has 23 heavy (non-hydrogen) atoms. The van der Waals surface area contributed by atoms with Gasteiger partial charge in [0.05, 0.1) is 5.56 Å². The van der Waals surface area contributed by atoms with Crippen LogP contribution in [0.25, 0.3) is 11.4 Å². The van der Waals surface area contributed by atoms with E-state index in [0.717, 1.165) is 15.6 Å². The Hall–Kier alpha value is -2.47. The van der Waals surface area contributed by atoms with Gasteiger partial charge < -0.3 is 9.26 Å². The average molecular weight is 373 g/mol. The van der Waals surface area contributed by atoms with Crippen LogP contribution in [0.15, 0.2) is 57.5 Å². The number of hydrogen-bond acceptors (Lipinski definition) is 5. The van der Waals surface area contributed by atoms with Crippen molar-refractivity contribution in [2.45, 2.75) is 13.5 Å². The number of carbonyl (C=O) groups excluding carboxylic acids is 1. The molecule has 0 N–H and O–H groups in total. The predicted molar refractivity (Wildman–Crippen MR) is 87.7 cm³/mol. The number of nitrogens with zero attached hydrogens (tertiary/aromatic N) is 2. The maximum absolute atomic E-state index is 12.0. The molecule has 0 aliphatic carbocycles. The summed E-state index contributed by atoms with van der Waals surface area (Å²) in [5.41, 5.74) is 2.39. The number of aromatic nitrogens is 2. The second-order valence-corrected chi connectivity index (χ2v) is 5.83. The van der Waals surface area contributed by atoms with Gasteiger partial charge in [0.1, 0.15) is 0 Å². The van der Waals surface area contributed by atoms with E-state index < -0.39 is 5.97 Å². The first-order valence-electron chi connectivity index (χ1n) is 6.95. The zero-order chi connectivity index (χ0) is 16.2. The Morgan fingerprint density at radius 3 is 2.83 bits per heavy atom. The summed E-state index contributed by atoms with van der Waals surface area (Å²) in [6, 6.07) is 14.7. The zero-order valence-corrected chi connectivity index (χ0v) is 13.9. The van der Waals surface area contributed by atoms with E-state index >= 15 is 0 Å². The van der Waals surface area contributed by atoms with E-state index in [1.54, 1.807) is 18.2 Å². The van der Waals surface area contributed by atoms with E-state index in [0.29, 0.717) is 11.4 Å². The summed E-state index contributed by atoms with van der Waals surface area (Å²) in [6.07, 6.45) is 0. The smallest absolute Gasteiger partial charge is 0.338 e. The summed E-state index contributed by atoms with van der Waals surface area (Å²) in [5.74, 6) is 0.296. The van der Waals surface area contributed by atoms with E-state index in [1.165, 1.54) is 0 Å². The summed E-state index contributed by atoms with van der Waals surface area (Å²) in [7, 11) is 0. The minimum atomic E-state index is -0.443. The van der Waals surface area contributed by atoms with Gasteiger partial charge in [-0.15, -0.1) is 0 Å². The molecule has 5 nitrogen and oxygen atoms in total. The Kier molecular flexibility index (Phi) is 4.52. The first kappa shape index (κ1) is 15.4. The van der Waals surface area contributed by atoms with Crippen molar-refractivity contribution < 1.29 is 14.1 Å². The van der Waals surface area contributed by atoms with Crippen molar-refractivity contribution in [3.05, 3.63) is 70.0 Å². The Morgan fingerprint density at radius 1 is 1.22 bits per heavy atom. The molecule has 0 saturated carbocycles. The number of carbonyl (C=O) groups is 1. The maximum atomic E-state index is 12.0. The molecule has 0 saturated heterocycles. The molecule has 1 aromatic heterocycles. The summed E-state index contributed by atoms with van der Waals surface area (Å²) >= 11 is 3.31. The van der Waals surface area contributed by atoms with Gasteiger partial charge in [-0.2, -0.15) is 4.98 Å². The molecule has 0 aliphatic heterocycles. The third-order valence-corrected chi connectivity index (χ3v) is 3.73. The van der Waals surface area contributed by atoms with Crippen LogP contribution in [0.2, 0.25) is 0 Å². The van der Waals surface area contributed by atoms with E-state index in [2.05, 4.69) is 26.1 Å². The van der Waals surface area contributed by atoms with Gasteiger partial charge in [-0.1, -0.05) is 51.4 Å². The van der Waals surface area contributed by atoms with Gasteiger partial charge in [0.2, 0.25) is 5.82 Å². The van der Waals surface area contributed by atoms with Crippen LogP contribution in [-0.2, 0) is 11.3 Å². The SMILES string of the molecule is Cc1ccccc1-c1noc(COC(=O)c2cccc(Br)c2)n1. The summed E-state index contributed by atoms with van der Waals surface area (Å²) in [5, 5.41) is 3.93. The fourth-order valence-corrected chi connectivity index (χ4v) is 2.47. The maximum Gasteiger partial charge on any atom is 0.338 e. The number of ether oxygens (including phenoxy) is 1. The molecule has 0 bridgehead atoms. The molecule has 0 spiro atoms. The molecule has 0 unspecified atom stereocenters. The van der Waals surface area contributed by atoms with E-state index in [1.807, 2.05) is 37.3 Å². The molecule has 1 heterocycles. The van der Waals surface area contributed by atoms with Crippen LogP contribution in [-0.4, -0.2) is 16.1 Å². The van der Waals surface area contributed by atoms with Gasteiger partial charge in [-0.3, -0.25) is 0 Å².